The Morgan fingerprint density at radius 1 is 1.16 bits per heavy atom. The van der Waals surface area contributed by atoms with Gasteiger partial charge in [0.1, 0.15) is 6.61 Å². The summed E-state index contributed by atoms with van der Waals surface area (Å²) in [4.78, 5) is 12.2. The summed E-state index contributed by atoms with van der Waals surface area (Å²) in [7, 11) is 3.09. The van der Waals surface area contributed by atoms with Crippen molar-refractivity contribution in [2.45, 2.75) is 6.10 Å². The van der Waals surface area contributed by atoms with Crippen LogP contribution in [0.4, 0.5) is 0 Å². The highest BCUT2D eigenvalue weighted by Gasteiger charge is 2.27. The lowest BCUT2D eigenvalue weighted by molar-refractivity contribution is -0.130. The van der Waals surface area contributed by atoms with E-state index < -0.39 is 12.0 Å². The maximum absolute atomic E-state index is 12.2. The lowest BCUT2D eigenvalue weighted by Gasteiger charge is -2.24. The van der Waals surface area contributed by atoms with Crippen LogP contribution in [0.3, 0.4) is 0 Å². The van der Waals surface area contributed by atoms with Crippen LogP contribution in [0.25, 0.3) is 0 Å². The molecule has 7 nitrogen and oxygen atoms in total. The van der Waals surface area contributed by atoms with Crippen molar-refractivity contribution in [2.75, 3.05) is 20.8 Å². The number of fused-ring (bicyclic) bond motifs is 1. The smallest absolute Gasteiger partial charge is 0.284 e. The topological polar surface area (TPSA) is 78.4 Å². The van der Waals surface area contributed by atoms with Gasteiger partial charge in [0.15, 0.2) is 23.0 Å². The van der Waals surface area contributed by atoms with Crippen LogP contribution >= 0.6 is 0 Å². The third-order valence-corrected chi connectivity index (χ3v) is 3.61. The summed E-state index contributed by atoms with van der Waals surface area (Å²) in [5.41, 5.74) is 3.12. The average Bonchev–Trinajstić information content (AvgIpc) is 2.67. The molecular weight excluding hydrogens is 324 g/mol. The molecule has 25 heavy (non-hydrogen) atoms. The number of rotatable bonds is 5. The number of carbonyl (C=O) groups is 1. The van der Waals surface area contributed by atoms with Crippen molar-refractivity contribution in [3.8, 4) is 23.0 Å². The molecule has 1 aliphatic heterocycles. The Morgan fingerprint density at radius 2 is 1.96 bits per heavy atom. The van der Waals surface area contributed by atoms with Crippen LogP contribution in [0, 0.1) is 0 Å². The van der Waals surface area contributed by atoms with E-state index in [0.717, 1.165) is 0 Å². The molecular formula is C18H18N2O5. The Bertz CT molecular complexity index is 791. The maximum Gasteiger partial charge on any atom is 0.284 e. The van der Waals surface area contributed by atoms with Crippen LogP contribution in [0.15, 0.2) is 47.6 Å². The number of para-hydroxylation sites is 3. The van der Waals surface area contributed by atoms with Crippen LogP contribution in [-0.2, 0) is 4.79 Å². The number of hydrogen-bond acceptors (Lipinski definition) is 6. The minimum atomic E-state index is -0.765. The molecule has 0 aromatic heterocycles. The Kier molecular flexibility index (Phi) is 5.03. The molecule has 0 spiro atoms. The highest BCUT2D eigenvalue weighted by molar-refractivity contribution is 5.87. The predicted molar refractivity (Wildman–Crippen MR) is 91.6 cm³/mol. The third kappa shape index (κ3) is 3.65. The molecule has 1 atom stereocenters. The molecule has 0 radical (unpaired) electrons. The molecule has 0 fully saturated rings. The number of methoxy groups -OCH3 is 2. The average molecular weight is 342 g/mol. The molecule has 1 N–H and O–H groups in total. The molecule has 0 saturated carbocycles. The summed E-state index contributed by atoms with van der Waals surface area (Å²) < 4.78 is 21.7. The SMILES string of the molecule is COc1cccc(/C=N/NC(=O)C2COc3ccccc3O2)c1OC. The lowest BCUT2D eigenvalue weighted by atomic mass is 10.2. The van der Waals surface area contributed by atoms with Gasteiger partial charge in [0, 0.05) is 5.56 Å². The van der Waals surface area contributed by atoms with E-state index in [2.05, 4.69) is 10.5 Å². The van der Waals surface area contributed by atoms with E-state index in [1.54, 1.807) is 44.6 Å². The van der Waals surface area contributed by atoms with Crippen molar-refractivity contribution in [3.63, 3.8) is 0 Å². The molecule has 7 heteroatoms. The number of ether oxygens (including phenoxy) is 4. The van der Waals surface area contributed by atoms with Gasteiger partial charge in [-0.3, -0.25) is 4.79 Å². The number of hydrazone groups is 1. The van der Waals surface area contributed by atoms with E-state index in [1.165, 1.54) is 6.21 Å². The van der Waals surface area contributed by atoms with Gasteiger partial charge in [-0.1, -0.05) is 18.2 Å². The van der Waals surface area contributed by atoms with E-state index >= 15 is 0 Å². The zero-order valence-electron chi connectivity index (χ0n) is 13.9. The fourth-order valence-electron chi connectivity index (χ4n) is 2.40. The standard InChI is InChI=1S/C18H18N2O5/c1-22-15-9-5-6-12(17(15)23-2)10-19-20-18(21)16-11-24-13-7-3-4-8-14(13)25-16/h3-10,16H,11H2,1-2H3,(H,20,21)/b19-10+. The fraction of sp³-hybridized carbons (Fsp3) is 0.222. The van der Waals surface area contributed by atoms with E-state index in [-0.39, 0.29) is 6.61 Å². The van der Waals surface area contributed by atoms with Gasteiger partial charge < -0.3 is 18.9 Å². The minimum absolute atomic E-state index is 0.126. The second-order valence-electron chi connectivity index (χ2n) is 5.18. The number of benzene rings is 2. The molecule has 2 aromatic rings. The van der Waals surface area contributed by atoms with Gasteiger partial charge >= 0.3 is 0 Å². The number of nitrogens with one attached hydrogen (secondary N) is 1. The first-order valence-corrected chi connectivity index (χ1v) is 7.65. The van der Waals surface area contributed by atoms with Gasteiger partial charge in [-0.05, 0) is 24.3 Å². The minimum Gasteiger partial charge on any atom is -0.493 e. The first kappa shape index (κ1) is 16.6. The summed E-state index contributed by atoms with van der Waals surface area (Å²) in [5.74, 6) is 1.88. The van der Waals surface area contributed by atoms with Crippen LogP contribution in [0.5, 0.6) is 23.0 Å². The Balaban J connectivity index is 1.64. The molecule has 2 aromatic carbocycles. The maximum atomic E-state index is 12.2. The van der Waals surface area contributed by atoms with Gasteiger partial charge in [0.2, 0.25) is 6.10 Å². The van der Waals surface area contributed by atoms with Gasteiger partial charge in [-0.2, -0.15) is 5.10 Å². The molecule has 0 aliphatic carbocycles. The molecule has 0 bridgehead atoms. The number of hydrogen-bond donors (Lipinski definition) is 1. The number of nitrogens with zero attached hydrogens (tertiary/aromatic N) is 1. The lowest BCUT2D eigenvalue weighted by Crippen LogP contribution is -2.42. The zero-order chi connectivity index (χ0) is 17.6. The summed E-state index contributed by atoms with van der Waals surface area (Å²) in [6.07, 6.45) is 0.718. The van der Waals surface area contributed by atoms with Crippen LogP contribution in [0.2, 0.25) is 0 Å². The van der Waals surface area contributed by atoms with Crippen molar-refractivity contribution in [1.82, 2.24) is 5.43 Å². The van der Waals surface area contributed by atoms with Gasteiger partial charge in [0.25, 0.3) is 5.91 Å². The highest BCUT2D eigenvalue weighted by Crippen LogP contribution is 2.31. The zero-order valence-corrected chi connectivity index (χ0v) is 13.9. The van der Waals surface area contributed by atoms with E-state index in [1.807, 2.05) is 12.1 Å². The van der Waals surface area contributed by atoms with Crippen LogP contribution in [0.1, 0.15) is 5.56 Å². The first-order valence-electron chi connectivity index (χ1n) is 7.65. The summed E-state index contributed by atoms with van der Waals surface area (Å²) >= 11 is 0. The molecule has 1 heterocycles. The van der Waals surface area contributed by atoms with E-state index in [4.69, 9.17) is 18.9 Å². The summed E-state index contributed by atoms with van der Waals surface area (Å²) in [6.45, 7) is 0.126. The van der Waals surface area contributed by atoms with Crippen LogP contribution < -0.4 is 24.4 Å². The van der Waals surface area contributed by atoms with Crippen molar-refractivity contribution >= 4 is 12.1 Å². The van der Waals surface area contributed by atoms with E-state index in [0.29, 0.717) is 28.6 Å². The molecule has 1 amide bonds. The summed E-state index contributed by atoms with van der Waals surface area (Å²) in [5, 5.41) is 3.96. The summed E-state index contributed by atoms with van der Waals surface area (Å²) in [6, 6.07) is 12.6. The Labute approximate surface area is 145 Å². The third-order valence-electron chi connectivity index (χ3n) is 3.61. The Morgan fingerprint density at radius 3 is 2.72 bits per heavy atom. The second-order valence-corrected chi connectivity index (χ2v) is 5.18. The fourth-order valence-corrected chi connectivity index (χ4v) is 2.40. The van der Waals surface area contributed by atoms with Crippen molar-refractivity contribution < 1.29 is 23.7 Å². The van der Waals surface area contributed by atoms with Crippen molar-refractivity contribution in [1.29, 1.82) is 0 Å². The van der Waals surface area contributed by atoms with Crippen molar-refractivity contribution in [2.24, 2.45) is 5.10 Å². The molecule has 0 saturated heterocycles. The monoisotopic (exact) mass is 342 g/mol. The molecule has 3 rings (SSSR count). The van der Waals surface area contributed by atoms with Gasteiger partial charge in [-0.15, -0.1) is 0 Å². The Hall–Kier alpha value is -3.22. The van der Waals surface area contributed by atoms with Crippen LogP contribution in [-0.4, -0.2) is 39.1 Å². The predicted octanol–water partition coefficient (Wildman–Crippen LogP) is 1.99. The second kappa shape index (κ2) is 7.57. The highest BCUT2D eigenvalue weighted by atomic mass is 16.6. The van der Waals surface area contributed by atoms with E-state index in [9.17, 15) is 4.79 Å². The van der Waals surface area contributed by atoms with Crippen molar-refractivity contribution in [3.05, 3.63) is 48.0 Å². The quantitative estimate of drug-likeness (QED) is 0.664. The number of carbonyl (C=O) groups excluding carboxylic acids is 1. The van der Waals surface area contributed by atoms with Gasteiger partial charge in [-0.25, -0.2) is 5.43 Å². The largest absolute Gasteiger partial charge is 0.493 e. The van der Waals surface area contributed by atoms with Gasteiger partial charge in [0.05, 0.1) is 20.4 Å². The number of amides is 1. The normalized spacial score (nSPS) is 15.7. The molecule has 1 unspecified atom stereocenters. The molecule has 130 valence electrons. The molecule has 1 aliphatic rings. The first-order chi connectivity index (χ1) is 12.2.